The Kier molecular flexibility index (Phi) is 8.32. The number of carbonyl (C=O) groups is 2. The number of amides is 1. The number of benzene rings is 1. The van der Waals surface area contributed by atoms with Crippen molar-refractivity contribution in [3.05, 3.63) is 34.9 Å². The molecule has 0 aliphatic carbocycles. The molecule has 1 aromatic rings. The summed E-state index contributed by atoms with van der Waals surface area (Å²) in [6.45, 7) is 1.38. The molecule has 0 aromatic heterocycles. The molecule has 0 radical (unpaired) electrons. The third kappa shape index (κ3) is 8.01. The van der Waals surface area contributed by atoms with Crippen molar-refractivity contribution in [2.24, 2.45) is 5.73 Å². The summed E-state index contributed by atoms with van der Waals surface area (Å²) in [5.41, 5.74) is 4.82. The lowest BCUT2D eigenvalue weighted by atomic mass is 10.0. The highest BCUT2D eigenvalue weighted by Gasteiger charge is 2.14. The molecule has 0 spiro atoms. The van der Waals surface area contributed by atoms with E-state index < -0.39 is 6.09 Å². The van der Waals surface area contributed by atoms with Crippen LogP contribution in [0.5, 0.6) is 0 Å². The van der Waals surface area contributed by atoms with Crippen molar-refractivity contribution in [3.8, 4) is 0 Å². The maximum Gasteiger partial charge on any atom is 0.402 e. The third-order valence-corrected chi connectivity index (χ3v) is 2.40. The Balaban J connectivity index is 0.000000711. The molecule has 0 heterocycles. The first-order valence-corrected chi connectivity index (χ1v) is 5.73. The topological polar surface area (TPSA) is 110 Å². The van der Waals surface area contributed by atoms with Gasteiger partial charge in [0.1, 0.15) is 6.61 Å². The maximum atomic E-state index is 10.6. The fourth-order valence-electron chi connectivity index (χ4n) is 1.26. The molecule has 0 bridgehead atoms. The summed E-state index contributed by atoms with van der Waals surface area (Å²) < 4.78 is 4.85. The number of aliphatic hydroxyl groups excluding tert-OH is 1. The molecule has 6 nitrogen and oxygen atoms in total. The van der Waals surface area contributed by atoms with Gasteiger partial charge >= 0.3 is 12.1 Å². The SMILES string of the molecule is CC(=O)OCC(CO)c1ccccc1Cl.NC(=O)O. The second kappa shape index (κ2) is 9.18. The van der Waals surface area contributed by atoms with Gasteiger partial charge < -0.3 is 20.7 Å². The standard InChI is InChI=1S/C11H13ClO3.CH3NO2/c1-8(14)15-7-9(6-13)10-4-2-3-5-11(10)12;2-1(3)4/h2-5,9,13H,6-7H2,1H3;2H2,(H,3,4). The van der Waals surface area contributed by atoms with E-state index in [4.69, 9.17) is 31.3 Å². The van der Waals surface area contributed by atoms with Crippen molar-refractivity contribution < 1.29 is 24.5 Å². The minimum absolute atomic E-state index is 0.100. The third-order valence-electron chi connectivity index (χ3n) is 2.05. The largest absolute Gasteiger partial charge is 0.465 e. The van der Waals surface area contributed by atoms with Gasteiger partial charge in [-0.25, -0.2) is 4.79 Å². The van der Waals surface area contributed by atoms with Gasteiger partial charge in [0.15, 0.2) is 0 Å². The normalized spacial score (nSPS) is 10.9. The summed E-state index contributed by atoms with van der Waals surface area (Å²) >= 11 is 5.96. The minimum atomic E-state index is -1.33. The molecule has 106 valence electrons. The lowest BCUT2D eigenvalue weighted by Crippen LogP contribution is -2.14. The number of ether oxygens (including phenoxy) is 1. The van der Waals surface area contributed by atoms with Gasteiger partial charge in [-0.15, -0.1) is 0 Å². The molecular weight excluding hydrogens is 274 g/mol. The Morgan fingerprint density at radius 1 is 1.42 bits per heavy atom. The van der Waals surface area contributed by atoms with Gasteiger partial charge in [0.05, 0.1) is 6.61 Å². The van der Waals surface area contributed by atoms with Crippen LogP contribution in [0.15, 0.2) is 24.3 Å². The summed E-state index contributed by atoms with van der Waals surface area (Å²) in [5, 5.41) is 16.9. The van der Waals surface area contributed by atoms with Crippen molar-refractivity contribution in [1.82, 2.24) is 0 Å². The van der Waals surface area contributed by atoms with Crippen molar-refractivity contribution >= 4 is 23.7 Å². The molecule has 4 N–H and O–H groups in total. The molecule has 1 aromatic carbocycles. The fourth-order valence-corrected chi connectivity index (χ4v) is 1.55. The number of primary amides is 1. The molecule has 1 atom stereocenters. The number of hydrogen-bond acceptors (Lipinski definition) is 4. The fraction of sp³-hybridized carbons (Fsp3) is 0.333. The first-order valence-electron chi connectivity index (χ1n) is 5.35. The van der Waals surface area contributed by atoms with Crippen LogP contribution in [-0.4, -0.2) is 35.5 Å². The minimum Gasteiger partial charge on any atom is -0.465 e. The van der Waals surface area contributed by atoms with Gasteiger partial charge in [-0.2, -0.15) is 0 Å². The highest BCUT2D eigenvalue weighted by Crippen LogP contribution is 2.24. The number of rotatable bonds is 4. The Bertz CT molecular complexity index is 420. The molecule has 1 unspecified atom stereocenters. The predicted molar refractivity (Wildman–Crippen MR) is 70.1 cm³/mol. The molecule has 7 heteroatoms. The van der Waals surface area contributed by atoms with Crippen LogP contribution in [0, 0.1) is 0 Å². The lowest BCUT2D eigenvalue weighted by molar-refractivity contribution is -0.141. The van der Waals surface area contributed by atoms with Crippen LogP contribution in [0.3, 0.4) is 0 Å². The summed E-state index contributed by atoms with van der Waals surface area (Å²) in [7, 11) is 0. The molecule has 0 saturated carbocycles. The van der Waals surface area contributed by atoms with Crippen LogP contribution in [0.4, 0.5) is 4.79 Å². The van der Waals surface area contributed by atoms with Crippen molar-refractivity contribution in [2.45, 2.75) is 12.8 Å². The monoisotopic (exact) mass is 289 g/mol. The second-order valence-electron chi connectivity index (χ2n) is 3.54. The van der Waals surface area contributed by atoms with E-state index in [0.29, 0.717) is 5.02 Å². The van der Waals surface area contributed by atoms with Crippen molar-refractivity contribution in [2.75, 3.05) is 13.2 Å². The number of hydrogen-bond donors (Lipinski definition) is 3. The van der Waals surface area contributed by atoms with E-state index in [9.17, 15) is 4.79 Å². The maximum absolute atomic E-state index is 10.6. The average Bonchev–Trinajstić information content (AvgIpc) is 2.31. The average molecular weight is 290 g/mol. The smallest absolute Gasteiger partial charge is 0.402 e. The van der Waals surface area contributed by atoms with Crippen molar-refractivity contribution in [1.29, 1.82) is 0 Å². The van der Waals surface area contributed by atoms with Gasteiger partial charge in [-0.3, -0.25) is 4.79 Å². The van der Waals surface area contributed by atoms with E-state index >= 15 is 0 Å². The Morgan fingerprint density at radius 2 is 1.95 bits per heavy atom. The predicted octanol–water partition coefficient (Wildman–Crippen LogP) is 1.60. The summed E-state index contributed by atoms with van der Waals surface area (Å²) in [4.78, 5) is 19.4. The first-order chi connectivity index (χ1) is 8.88. The Morgan fingerprint density at radius 3 is 2.37 bits per heavy atom. The van der Waals surface area contributed by atoms with Crippen LogP contribution in [0.2, 0.25) is 5.02 Å². The molecule has 0 saturated heterocycles. The van der Waals surface area contributed by atoms with E-state index in [1.54, 1.807) is 6.07 Å². The van der Waals surface area contributed by atoms with Gasteiger partial charge in [0.2, 0.25) is 0 Å². The number of carbonyl (C=O) groups excluding carboxylic acids is 1. The summed E-state index contributed by atoms with van der Waals surface area (Å²) in [5.74, 6) is -0.622. The Hall–Kier alpha value is -1.79. The quantitative estimate of drug-likeness (QED) is 0.729. The first kappa shape index (κ1) is 17.2. The van der Waals surface area contributed by atoms with Crippen LogP contribution >= 0.6 is 11.6 Å². The van der Waals surface area contributed by atoms with Crippen LogP contribution < -0.4 is 5.73 Å². The molecule has 1 amide bonds. The van der Waals surface area contributed by atoms with Crippen molar-refractivity contribution in [3.63, 3.8) is 0 Å². The molecular formula is C12H16ClNO5. The zero-order valence-electron chi connectivity index (χ0n) is 10.4. The van der Waals surface area contributed by atoms with Crippen LogP contribution in [0.25, 0.3) is 0 Å². The second-order valence-corrected chi connectivity index (χ2v) is 3.95. The number of aliphatic hydroxyl groups is 1. The van der Waals surface area contributed by atoms with Gasteiger partial charge in [-0.05, 0) is 11.6 Å². The summed E-state index contributed by atoms with van der Waals surface area (Å²) in [6, 6.07) is 7.20. The van der Waals surface area contributed by atoms with E-state index in [2.05, 4.69) is 5.73 Å². The van der Waals surface area contributed by atoms with E-state index in [0.717, 1.165) is 5.56 Å². The zero-order valence-corrected chi connectivity index (χ0v) is 11.1. The van der Waals surface area contributed by atoms with E-state index in [1.807, 2.05) is 18.2 Å². The summed E-state index contributed by atoms with van der Waals surface area (Å²) in [6.07, 6.45) is -1.33. The number of nitrogens with two attached hydrogens (primary N) is 1. The highest BCUT2D eigenvalue weighted by molar-refractivity contribution is 6.31. The van der Waals surface area contributed by atoms with E-state index in [-0.39, 0.29) is 25.1 Å². The van der Waals surface area contributed by atoms with E-state index in [1.165, 1.54) is 6.92 Å². The zero-order chi connectivity index (χ0) is 14.8. The van der Waals surface area contributed by atoms with Crippen LogP contribution in [0.1, 0.15) is 18.4 Å². The molecule has 0 fully saturated rings. The highest BCUT2D eigenvalue weighted by atomic mass is 35.5. The van der Waals surface area contributed by atoms with Gasteiger partial charge in [-0.1, -0.05) is 29.8 Å². The molecule has 0 aliphatic rings. The number of carboxylic acid groups (broad SMARTS) is 1. The number of halogens is 1. The van der Waals surface area contributed by atoms with Crippen LogP contribution in [-0.2, 0) is 9.53 Å². The molecule has 0 aliphatic heterocycles. The Labute approximate surface area is 115 Å². The molecule has 19 heavy (non-hydrogen) atoms. The molecule has 1 rings (SSSR count). The van der Waals surface area contributed by atoms with Gasteiger partial charge in [0, 0.05) is 17.9 Å². The lowest BCUT2D eigenvalue weighted by Gasteiger charge is -2.15. The number of esters is 1. The van der Waals surface area contributed by atoms with Gasteiger partial charge in [0.25, 0.3) is 0 Å².